The Bertz CT molecular complexity index is 667. The molecule has 20 heavy (non-hydrogen) atoms. The molecule has 0 unspecified atom stereocenters. The molecule has 1 aliphatic heterocycles. The molecule has 102 valence electrons. The zero-order chi connectivity index (χ0) is 14.1. The molecule has 0 saturated heterocycles. The number of benzene rings is 1. The van der Waals surface area contributed by atoms with Crippen molar-refractivity contribution in [2.75, 3.05) is 17.2 Å². The lowest BCUT2D eigenvalue weighted by Gasteiger charge is -2.30. The van der Waals surface area contributed by atoms with E-state index in [9.17, 15) is 4.79 Å². The van der Waals surface area contributed by atoms with Gasteiger partial charge in [-0.3, -0.25) is 9.78 Å². The Morgan fingerprint density at radius 2 is 2.20 bits per heavy atom. The summed E-state index contributed by atoms with van der Waals surface area (Å²) < 4.78 is 0. The van der Waals surface area contributed by atoms with Crippen LogP contribution < -0.4 is 10.6 Å². The molecule has 0 radical (unpaired) electrons. The molecule has 0 bridgehead atoms. The van der Waals surface area contributed by atoms with E-state index in [1.807, 2.05) is 36.1 Å². The second-order valence-corrected chi connectivity index (χ2v) is 5.16. The van der Waals surface area contributed by atoms with Crippen LogP contribution >= 0.6 is 0 Å². The van der Waals surface area contributed by atoms with Crippen LogP contribution in [0.3, 0.4) is 0 Å². The van der Waals surface area contributed by atoms with Gasteiger partial charge in [0.15, 0.2) is 0 Å². The van der Waals surface area contributed by atoms with Gasteiger partial charge < -0.3 is 10.6 Å². The SMILES string of the molecule is Cc1cncc(C(=O)N2CCCc3c(N)cccc32)c1. The number of hydrogen-bond donors (Lipinski definition) is 1. The number of aryl methyl sites for hydroxylation is 1. The number of aromatic nitrogens is 1. The number of fused-ring (bicyclic) bond motifs is 1. The van der Waals surface area contributed by atoms with Gasteiger partial charge in [0.05, 0.1) is 5.56 Å². The van der Waals surface area contributed by atoms with E-state index in [0.29, 0.717) is 5.56 Å². The quantitative estimate of drug-likeness (QED) is 0.808. The van der Waals surface area contributed by atoms with Gasteiger partial charge in [0.25, 0.3) is 5.91 Å². The average Bonchev–Trinajstić information content (AvgIpc) is 2.46. The summed E-state index contributed by atoms with van der Waals surface area (Å²) in [6.45, 7) is 2.66. The first-order chi connectivity index (χ1) is 9.66. The lowest BCUT2D eigenvalue weighted by molar-refractivity contribution is 0.0984. The highest BCUT2D eigenvalue weighted by Gasteiger charge is 2.24. The maximum absolute atomic E-state index is 12.7. The van der Waals surface area contributed by atoms with Gasteiger partial charge in [0.1, 0.15) is 0 Å². The molecule has 0 atom stereocenters. The molecule has 3 rings (SSSR count). The molecule has 2 aromatic rings. The van der Waals surface area contributed by atoms with Crippen LogP contribution in [0.1, 0.15) is 27.9 Å². The predicted molar refractivity (Wildman–Crippen MR) is 79.8 cm³/mol. The van der Waals surface area contributed by atoms with E-state index >= 15 is 0 Å². The minimum atomic E-state index is -0.00671. The third-order valence-electron chi connectivity index (χ3n) is 3.65. The number of pyridine rings is 1. The number of hydrogen-bond acceptors (Lipinski definition) is 3. The molecule has 1 aliphatic rings. The number of carbonyl (C=O) groups excluding carboxylic acids is 1. The van der Waals surface area contributed by atoms with Gasteiger partial charge in [0.2, 0.25) is 0 Å². The zero-order valence-electron chi connectivity index (χ0n) is 11.5. The first kappa shape index (κ1) is 12.7. The fraction of sp³-hybridized carbons (Fsp3) is 0.250. The fourth-order valence-corrected chi connectivity index (χ4v) is 2.69. The summed E-state index contributed by atoms with van der Waals surface area (Å²) in [5.74, 6) is -0.00671. The van der Waals surface area contributed by atoms with Gasteiger partial charge in [-0.15, -0.1) is 0 Å². The smallest absolute Gasteiger partial charge is 0.259 e. The Labute approximate surface area is 118 Å². The molecular formula is C16H17N3O. The van der Waals surface area contributed by atoms with Crippen LogP contribution in [0.4, 0.5) is 11.4 Å². The molecule has 0 saturated carbocycles. The largest absolute Gasteiger partial charge is 0.398 e. The lowest BCUT2D eigenvalue weighted by Crippen LogP contribution is -2.35. The van der Waals surface area contributed by atoms with Crippen molar-refractivity contribution in [1.82, 2.24) is 4.98 Å². The van der Waals surface area contributed by atoms with E-state index in [4.69, 9.17) is 5.73 Å². The second-order valence-electron chi connectivity index (χ2n) is 5.16. The van der Waals surface area contributed by atoms with Crippen LogP contribution in [0.2, 0.25) is 0 Å². The van der Waals surface area contributed by atoms with Crippen molar-refractivity contribution in [3.8, 4) is 0 Å². The minimum absolute atomic E-state index is 0.00671. The van der Waals surface area contributed by atoms with E-state index < -0.39 is 0 Å². The summed E-state index contributed by atoms with van der Waals surface area (Å²) in [6, 6.07) is 7.62. The van der Waals surface area contributed by atoms with E-state index in [1.54, 1.807) is 12.4 Å². The molecule has 2 heterocycles. The van der Waals surface area contributed by atoms with Gasteiger partial charge >= 0.3 is 0 Å². The summed E-state index contributed by atoms with van der Waals surface area (Å²) >= 11 is 0. The minimum Gasteiger partial charge on any atom is -0.398 e. The number of rotatable bonds is 1. The fourth-order valence-electron chi connectivity index (χ4n) is 2.69. The average molecular weight is 267 g/mol. The van der Waals surface area contributed by atoms with E-state index in [-0.39, 0.29) is 5.91 Å². The predicted octanol–water partition coefficient (Wildman–Crippen LogP) is 2.57. The summed E-state index contributed by atoms with van der Waals surface area (Å²) in [5, 5.41) is 0. The highest BCUT2D eigenvalue weighted by Crippen LogP contribution is 2.32. The van der Waals surface area contributed by atoms with Crippen LogP contribution in [0.5, 0.6) is 0 Å². The number of anilines is 2. The first-order valence-electron chi connectivity index (χ1n) is 6.77. The number of nitrogens with zero attached hydrogens (tertiary/aromatic N) is 2. The summed E-state index contributed by atoms with van der Waals surface area (Å²) in [6.07, 6.45) is 5.23. The molecule has 1 aromatic heterocycles. The van der Waals surface area contributed by atoms with Crippen molar-refractivity contribution in [1.29, 1.82) is 0 Å². The second kappa shape index (κ2) is 4.96. The highest BCUT2D eigenvalue weighted by molar-refractivity contribution is 6.07. The normalized spacial score (nSPS) is 13.9. The summed E-state index contributed by atoms with van der Waals surface area (Å²) in [5.41, 5.74) is 10.4. The Morgan fingerprint density at radius 3 is 3.00 bits per heavy atom. The Hall–Kier alpha value is -2.36. The Balaban J connectivity index is 2.01. The van der Waals surface area contributed by atoms with Crippen LogP contribution in [-0.4, -0.2) is 17.4 Å². The number of carbonyl (C=O) groups is 1. The molecule has 1 amide bonds. The molecule has 0 spiro atoms. The van der Waals surface area contributed by atoms with Crippen LogP contribution in [0, 0.1) is 6.92 Å². The molecule has 2 N–H and O–H groups in total. The van der Waals surface area contributed by atoms with Gasteiger partial charge in [0, 0.05) is 30.3 Å². The third-order valence-corrected chi connectivity index (χ3v) is 3.65. The first-order valence-corrected chi connectivity index (χ1v) is 6.77. The maximum Gasteiger partial charge on any atom is 0.259 e. The summed E-state index contributed by atoms with van der Waals surface area (Å²) in [4.78, 5) is 18.6. The van der Waals surface area contributed by atoms with E-state index in [2.05, 4.69) is 4.98 Å². The van der Waals surface area contributed by atoms with Gasteiger partial charge in [-0.25, -0.2) is 0 Å². The number of amides is 1. The van der Waals surface area contributed by atoms with E-state index in [0.717, 1.165) is 41.9 Å². The number of nitrogens with two attached hydrogens (primary N) is 1. The molecule has 0 fully saturated rings. The topological polar surface area (TPSA) is 59.2 Å². The van der Waals surface area contributed by atoms with Crippen LogP contribution in [0.25, 0.3) is 0 Å². The molecule has 1 aromatic carbocycles. The van der Waals surface area contributed by atoms with Crippen molar-refractivity contribution in [2.24, 2.45) is 0 Å². The van der Waals surface area contributed by atoms with Crippen molar-refractivity contribution >= 4 is 17.3 Å². The summed E-state index contributed by atoms with van der Waals surface area (Å²) in [7, 11) is 0. The Morgan fingerprint density at radius 1 is 1.35 bits per heavy atom. The van der Waals surface area contributed by atoms with Crippen molar-refractivity contribution in [3.63, 3.8) is 0 Å². The van der Waals surface area contributed by atoms with Gasteiger partial charge in [-0.1, -0.05) is 6.07 Å². The lowest BCUT2D eigenvalue weighted by atomic mass is 9.99. The Kier molecular flexibility index (Phi) is 3.14. The van der Waals surface area contributed by atoms with Crippen molar-refractivity contribution in [2.45, 2.75) is 19.8 Å². The molecule has 4 heteroatoms. The molecule has 0 aliphatic carbocycles. The number of nitrogen functional groups attached to an aromatic ring is 1. The highest BCUT2D eigenvalue weighted by atomic mass is 16.2. The maximum atomic E-state index is 12.7. The van der Waals surface area contributed by atoms with E-state index in [1.165, 1.54) is 0 Å². The van der Waals surface area contributed by atoms with Gasteiger partial charge in [-0.2, -0.15) is 0 Å². The molecular weight excluding hydrogens is 250 g/mol. The third kappa shape index (κ3) is 2.13. The van der Waals surface area contributed by atoms with Crippen molar-refractivity contribution in [3.05, 3.63) is 53.3 Å². The zero-order valence-corrected chi connectivity index (χ0v) is 11.5. The van der Waals surface area contributed by atoms with Crippen LogP contribution in [0.15, 0.2) is 36.7 Å². The standard InChI is InChI=1S/C16H17N3O/c1-11-8-12(10-18-9-11)16(20)19-7-3-4-13-14(17)5-2-6-15(13)19/h2,5-6,8-10H,3-4,7,17H2,1H3. The van der Waals surface area contributed by atoms with Gasteiger partial charge in [-0.05, 0) is 49.1 Å². The monoisotopic (exact) mass is 267 g/mol. The molecule has 4 nitrogen and oxygen atoms in total. The van der Waals surface area contributed by atoms with Crippen LogP contribution in [-0.2, 0) is 6.42 Å². The van der Waals surface area contributed by atoms with Crippen molar-refractivity contribution < 1.29 is 4.79 Å².